The number of nitrogens with one attached hydrogen (secondary N) is 1. The predicted molar refractivity (Wildman–Crippen MR) is 67.0 cm³/mol. The molecule has 0 aromatic heterocycles. The molecule has 2 amide bonds. The highest BCUT2D eigenvalue weighted by molar-refractivity contribution is 5.89. The van der Waals surface area contributed by atoms with Gasteiger partial charge in [0, 0.05) is 18.8 Å². The molecule has 2 N–H and O–H groups in total. The molecule has 0 saturated carbocycles. The van der Waals surface area contributed by atoms with Gasteiger partial charge in [-0.05, 0) is 31.9 Å². The summed E-state index contributed by atoms with van der Waals surface area (Å²) in [4.78, 5) is 13.6. The molecule has 1 saturated heterocycles. The lowest BCUT2D eigenvalue weighted by Gasteiger charge is -2.30. The van der Waals surface area contributed by atoms with Gasteiger partial charge in [0.15, 0.2) is 0 Å². The van der Waals surface area contributed by atoms with Crippen LogP contribution in [0.5, 0.6) is 0 Å². The number of urea groups is 1. The van der Waals surface area contributed by atoms with Crippen LogP contribution in [0, 0.1) is 6.92 Å². The molecule has 0 unspecified atom stereocenters. The quantitative estimate of drug-likeness (QED) is 0.780. The van der Waals surface area contributed by atoms with E-state index in [4.69, 9.17) is 0 Å². The zero-order valence-corrected chi connectivity index (χ0v) is 10.0. The number of rotatable bonds is 1. The maximum Gasteiger partial charge on any atom is 0.321 e. The fraction of sp³-hybridized carbons (Fsp3) is 0.462. The number of hydrogen-bond donors (Lipinski definition) is 2. The normalized spacial score (nSPS) is 20.1. The van der Waals surface area contributed by atoms with Crippen molar-refractivity contribution in [3.63, 3.8) is 0 Å². The molecule has 0 radical (unpaired) electrons. The van der Waals surface area contributed by atoms with Crippen molar-refractivity contribution in [2.45, 2.75) is 25.9 Å². The summed E-state index contributed by atoms with van der Waals surface area (Å²) in [5.74, 6) is 0. The van der Waals surface area contributed by atoms with Crippen molar-refractivity contribution in [1.82, 2.24) is 4.90 Å². The van der Waals surface area contributed by atoms with Gasteiger partial charge in [-0.3, -0.25) is 0 Å². The molecule has 1 aliphatic heterocycles. The summed E-state index contributed by atoms with van der Waals surface area (Å²) in [6.45, 7) is 3.15. The lowest BCUT2D eigenvalue weighted by Crippen LogP contribution is -2.44. The third-order valence-electron chi connectivity index (χ3n) is 2.99. The zero-order valence-electron chi connectivity index (χ0n) is 10.0. The fourth-order valence-corrected chi connectivity index (χ4v) is 1.98. The van der Waals surface area contributed by atoms with E-state index in [0.717, 1.165) is 30.6 Å². The molecular weight excluding hydrogens is 216 g/mol. The first-order chi connectivity index (χ1) is 8.15. The van der Waals surface area contributed by atoms with Crippen LogP contribution in [0.4, 0.5) is 10.5 Å². The average Bonchev–Trinajstić information content (AvgIpc) is 2.32. The smallest absolute Gasteiger partial charge is 0.321 e. The van der Waals surface area contributed by atoms with Gasteiger partial charge in [0.05, 0.1) is 6.10 Å². The predicted octanol–water partition coefficient (Wildman–Crippen LogP) is 1.98. The minimum Gasteiger partial charge on any atom is -0.391 e. The number of carbonyl (C=O) groups excluding carboxylic acids is 1. The molecule has 1 atom stereocenters. The zero-order chi connectivity index (χ0) is 12.3. The summed E-state index contributed by atoms with van der Waals surface area (Å²) in [5, 5.41) is 12.3. The van der Waals surface area contributed by atoms with Gasteiger partial charge >= 0.3 is 6.03 Å². The van der Waals surface area contributed by atoms with Crippen LogP contribution in [0.15, 0.2) is 24.3 Å². The lowest BCUT2D eigenvalue weighted by atomic mass is 10.1. The van der Waals surface area contributed by atoms with Crippen molar-refractivity contribution in [3.8, 4) is 0 Å². The Morgan fingerprint density at radius 2 is 2.12 bits per heavy atom. The summed E-state index contributed by atoms with van der Waals surface area (Å²) in [5.41, 5.74) is 1.96. The third kappa shape index (κ3) is 3.20. The van der Waals surface area contributed by atoms with E-state index < -0.39 is 0 Å². The molecule has 1 aromatic rings. The van der Waals surface area contributed by atoms with Gasteiger partial charge < -0.3 is 15.3 Å². The Hall–Kier alpha value is -1.55. The number of amides is 2. The van der Waals surface area contributed by atoms with Crippen LogP contribution >= 0.6 is 0 Å². The Balaban J connectivity index is 1.94. The van der Waals surface area contributed by atoms with Crippen molar-refractivity contribution >= 4 is 11.7 Å². The fourth-order valence-electron chi connectivity index (χ4n) is 1.98. The SMILES string of the molecule is Cc1ccc(NC(=O)N2CCC[C@H](O)C2)cc1. The second-order valence-electron chi connectivity index (χ2n) is 4.54. The van der Waals surface area contributed by atoms with E-state index >= 15 is 0 Å². The Kier molecular flexibility index (Phi) is 3.64. The topological polar surface area (TPSA) is 52.6 Å². The molecule has 4 nitrogen and oxygen atoms in total. The molecule has 1 fully saturated rings. The van der Waals surface area contributed by atoms with Gasteiger partial charge in [0.2, 0.25) is 0 Å². The van der Waals surface area contributed by atoms with Crippen LogP contribution in [0.25, 0.3) is 0 Å². The molecule has 2 rings (SSSR count). The number of piperidine rings is 1. The summed E-state index contributed by atoms with van der Waals surface area (Å²) in [7, 11) is 0. The van der Waals surface area contributed by atoms with E-state index in [-0.39, 0.29) is 12.1 Å². The first-order valence-electron chi connectivity index (χ1n) is 5.96. The first kappa shape index (κ1) is 11.9. The first-order valence-corrected chi connectivity index (χ1v) is 5.96. The van der Waals surface area contributed by atoms with Crippen molar-refractivity contribution in [3.05, 3.63) is 29.8 Å². The number of aliphatic hydroxyl groups excluding tert-OH is 1. The second kappa shape index (κ2) is 5.19. The van der Waals surface area contributed by atoms with Crippen molar-refractivity contribution < 1.29 is 9.90 Å². The number of likely N-dealkylation sites (tertiary alicyclic amines) is 1. The van der Waals surface area contributed by atoms with Crippen molar-refractivity contribution in [2.24, 2.45) is 0 Å². The highest BCUT2D eigenvalue weighted by Gasteiger charge is 2.21. The number of aryl methyl sites for hydroxylation is 1. The van der Waals surface area contributed by atoms with Crippen molar-refractivity contribution in [1.29, 1.82) is 0 Å². The molecule has 1 aliphatic rings. The maximum atomic E-state index is 11.9. The van der Waals surface area contributed by atoms with Crippen LogP contribution in [0.2, 0.25) is 0 Å². The Labute approximate surface area is 101 Å². The van der Waals surface area contributed by atoms with Crippen LogP contribution < -0.4 is 5.32 Å². The third-order valence-corrected chi connectivity index (χ3v) is 2.99. The number of benzene rings is 1. The van der Waals surface area contributed by atoms with Gasteiger partial charge in [-0.1, -0.05) is 17.7 Å². The summed E-state index contributed by atoms with van der Waals surface area (Å²) < 4.78 is 0. The maximum absolute atomic E-state index is 11.9. The minimum atomic E-state index is -0.382. The van der Waals surface area contributed by atoms with Crippen LogP contribution in [-0.2, 0) is 0 Å². The lowest BCUT2D eigenvalue weighted by molar-refractivity contribution is 0.0883. The summed E-state index contributed by atoms with van der Waals surface area (Å²) in [6.07, 6.45) is 1.27. The number of hydrogen-bond acceptors (Lipinski definition) is 2. The summed E-state index contributed by atoms with van der Waals surface area (Å²) in [6, 6.07) is 7.55. The largest absolute Gasteiger partial charge is 0.391 e. The van der Waals surface area contributed by atoms with E-state index in [1.54, 1.807) is 4.90 Å². The highest BCUT2D eigenvalue weighted by atomic mass is 16.3. The second-order valence-corrected chi connectivity index (χ2v) is 4.54. The Morgan fingerprint density at radius 3 is 2.76 bits per heavy atom. The van der Waals surface area contributed by atoms with Crippen molar-refractivity contribution in [2.75, 3.05) is 18.4 Å². The molecule has 1 heterocycles. The summed E-state index contributed by atoms with van der Waals surface area (Å²) >= 11 is 0. The number of aliphatic hydroxyl groups is 1. The molecule has 4 heteroatoms. The van der Waals surface area contributed by atoms with E-state index in [2.05, 4.69) is 5.32 Å². The molecule has 0 aliphatic carbocycles. The Bertz CT molecular complexity index is 389. The molecule has 17 heavy (non-hydrogen) atoms. The average molecular weight is 234 g/mol. The minimum absolute atomic E-state index is 0.132. The van der Waals surface area contributed by atoms with E-state index in [1.165, 1.54) is 0 Å². The van der Waals surface area contributed by atoms with Crippen LogP contribution in [0.3, 0.4) is 0 Å². The molecular formula is C13H18N2O2. The molecule has 0 bridgehead atoms. The van der Waals surface area contributed by atoms with Crippen LogP contribution in [0.1, 0.15) is 18.4 Å². The number of nitrogens with zero attached hydrogens (tertiary/aromatic N) is 1. The standard InChI is InChI=1S/C13H18N2O2/c1-10-4-6-11(7-5-10)14-13(17)15-8-2-3-12(16)9-15/h4-7,12,16H,2-3,8-9H2,1H3,(H,14,17)/t12-/m0/s1. The monoisotopic (exact) mass is 234 g/mol. The highest BCUT2D eigenvalue weighted by Crippen LogP contribution is 2.13. The number of anilines is 1. The molecule has 92 valence electrons. The van der Waals surface area contributed by atoms with E-state index in [9.17, 15) is 9.90 Å². The number of carbonyl (C=O) groups is 1. The number of β-amino-alcohol motifs (C(OH)–C–C–N with tert-alkyl or cyclic N) is 1. The van der Waals surface area contributed by atoms with Gasteiger partial charge in [-0.25, -0.2) is 4.79 Å². The van der Waals surface area contributed by atoms with E-state index in [1.807, 2.05) is 31.2 Å². The molecule has 0 spiro atoms. The van der Waals surface area contributed by atoms with Gasteiger partial charge in [-0.2, -0.15) is 0 Å². The van der Waals surface area contributed by atoms with Gasteiger partial charge in [0.25, 0.3) is 0 Å². The van der Waals surface area contributed by atoms with E-state index in [0.29, 0.717) is 6.54 Å². The Morgan fingerprint density at radius 1 is 1.41 bits per heavy atom. The van der Waals surface area contributed by atoms with Gasteiger partial charge in [0.1, 0.15) is 0 Å². The van der Waals surface area contributed by atoms with Crippen LogP contribution in [-0.4, -0.2) is 35.2 Å². The van der Waals surface area contributed by atoms with Gasteiger partial charge in [-0.15, -0.1) is 0 Å². The molecule has 1 aromatic carbocycles.